The van der Waals surface area contributed by atoms with Gasteiger partial charge in [-0.15, -0.1) is 0 Å². The van der Waals surface area contributed by atoms with E-state index in [0.29, 0.717) is 18.3 Å². The van der Waals surface area contributed by atoms with E-state index in [4.69, 9.17) is 0 Å². The summed E-state index contributed by atoms with van der Waals surface area (Å²) in [7, 11) is -0.861. The number of hydrogen-bond acceptors (Lipinski definition) is 2. The van der Waals surface area contributed by atoms with Crippen molar-refractivity contribution < 1.29 is 4.21 Å². The average Bonchev–Trinajstić information content (AvgIpc) is 2.53. The molecule has 0 heterocycles. The van der Waals surface area contributed by atoms with Gasteiger partial charge in [-0.3, -0.25) is 9.20 Å². The second-order valence-electron chi connectivity index (χ2n) is 6.99. The third-order valence-corrected chi connectivity index (χ3v) is 5.59. The summed E-state index contributed by atoms with van der Waals surface area (Å²) in [5.74, 6) is 1.40. The lowest BCUT2D eigenvalue weighted by Crippen LogP contribution is -2.42. The van der Waals surface area contributed by atoms with Gasteiger partial charge in [-0.1, -0.05) is 30.3 Å². The van der Waals surface area contributed by atoms with Crippen molar-refractivity contribution >= 4 is 16.8 Å². The van der Waals surface area contributed by atoms with E-state index < -0.39 is 10.8 Å². The Hall–Kier alpha value is -1.36. The van der Waals surface area contributed by atoms with Crippen LogP contribution in [0.5, 0.6) is 0 Å². The van der Waals surface area contributed by atoms with Gasteiger partial charge in [0.1, 0.15) is 0 Å². The maximum atomic E-state index is 12.1. The second-order valence-corrected chi connectivity index (χ2v) is 9.32. The van der Waals surface area contributed by atoms with Crippen LogP contribution in [0.2, 0.25) is 0 Å². The van der Waals surface area contributed by atoms with E-state index in [2.05, 4.69) is 53.7 Å². The van der Waals surface area contributed by atoms with Crippen LogP contribution in [-0.2, 0) is 17.2 Å². The Morgan fingerprint density at radius 1 is 1.25 bits per heavy atom. The van der Waals surface area contributed by atoms with Gasteiger partial charge in [-0.05, 0) is 53.0 Å². The highest BCUT2D eigenvalue weighted by atomic mass is 32.2. The quantitative estimate of drug-likeness (QED) is 0.559. The van der Waals surface area contributed by atoms with Crippen molar-refractivity contribution in [2.75, 3.05) is 18.8 Å². The molecule has 0 radical (unpaired) electrons. The van der Waals surface area contributed by atoms with E-state index in [1.807, 2.05) is 26.8 Å². The van der Waals surface area contributed by atoms with Crippen molar-refractivity contribution in [3.63, 3.8) is 0 Å². The van der Waals surface area contributed by atoms with Crippen LogP contribution in [0.4, 0.5) is 0 Å². The summed E-state index contributed by atoms with van der Waals surface area (Å²) < 4.78 is 11.9. The van der Waals surface area contributed by atoms with E-state index >= 15 is 0 Å². The molecule has 136 valence electrons. The van der Waals surface area contributed by atoms with Gasteiger partial charge in [0.25, 0.3) is 0 Å². The Balaban J connectivity index is 2.46. The largest absolute Gasteiger partial charge is 0.357 e. The van der Waals surface area contributed by atoms with Gasteiger partial charge < -0.3 is 10.6 Å². The minimum atomic E-state index is -0.861. The van der Waals surface area contributed by atoms with Gasteiger partial charge in [-0.25, -0.2) is 0 Å². The molecule has 0 saturated carbocycles. The molecule has 0 aromatic heterocycles. The van der Waals surface area contributed by atoms with E-state index in [1.54, 1.807) is 0 Å². The first-order valence-electron chi connectivity index (χ1n) is 8.80. The first kappa shape index (κ1) is 20.7. The van der Waals surface area contributed by atoms with Crippen LogP contribution in [-0.4, -0.2) is 39.8 Å². The van der Waals surface area contributed by atoms with Gasteiger partial charge >= 0.3 is 0 Å². The fourth-order valence-electron chi connectivity index (χ4n) is 2.20. The highest BCUT2D eigenvalue weighted by Crippen LogP contribution is 2.10. The summed E-state index contributed by atoms with van der Waals surface area (Å²) >= 11 is 0. The van der Waals surface area contributed by atoms with E-state index in [-0.39, 0.29) is 4.75 Å². The molecule has 0 spiro atoms. The molecule has 1 aromatic carbocycles. The summed E-state index contributed by atoms with van der Waals surface area (Å²) in [6.07, 6.45) is 2.09. The number of aliphatic imine (C=N–C) groups is 1. The van der Waals surface area contributed by atoms with Crippen molar-refractivity contribution in [3.8, 4) is 0 Å². The van der Waals surface area contributed by atoms with E-state index in [0.717, 1.165) is 25.3 Å². The lowest BCUT2D eigenvalue weighted by Gasteiger charge is -2.19. The first-order valence-corrected chi connectivity index (χ1v) is 10.1. The standard InChI is InChI=1S/C19H33N3OS/c1-6-20-18(21-14-15-24(23)19(3,4)5)22-16(2)12-13-17-10-8-7-9-11-17/h7-11,16H,6,12-15H2,1-5H3,(H2,20,21,22). The molecule has 0 amide bonds. The monoisotopic (exact) mass is 351 g/mol. The van der Waals surface area contributed by atoms with Gasteiger partial charge in [0, 0.05) is 33.9 Å². The number of nitrogens with one attached hydrogen (secondary N) is 2. The molecule has 24 heavy (non-hydrogen) atoms. The summed E-state index contributed by atoms with van der Waals surface area (Å²) in [5, 5.41) is 6.70. The molecule has 2 atom stereocenters. The van der Waals surface area contributed by atoms with Crippen LogP contribution < -0.4 is 10.6 Å². The van der Waals surface area contributed by atoms with Gasteiger partial charge in [-0.2, -0.15) is 0 Å². The molecule has 1 aromatic rings. The van der Waals surface area contributed by atoms with Gasteiger partial charge in [0.2, 0.25) is 0 Å². The summed E-state index contributed by atoms with van der Waals surface area (Å²) in [6.45, 7) is 11.6. The summed E-state index contributed by atoms with van der Waals surface area (Å²) in [5.41, 5.74) is 1.36. The SMILES string of the molecule is CCNC(=NCCS(=O)C(C)(C)C)NC(C)CCc1ccccc1. The molecule has 1 rings (SSSR count). The van der Waals surface area contributed by atoms with Crippen LogP contribution in [0.1, 0.15) is 46.6 Å². The highest BCUT2D eigenvalue weighted by Gasteiger charge is 2.18. The number of benzene rings is 1. The fourth-order valence-corrected chi connectivity index (χ4v) is 3.07. The molecule has 0 aliphatic heterocycles. The van der Waals surface area contributed by atoms with Crippen molar-refractivity contribution in [3.05, 3.63) is 35.9 Å². The van der Waals surface area contributed by atoms with Crippen LogP contribution in [0.3, 0.4) is 0 Å². The molecule has 5 heteroatoms. The predicted octanol–water partition coefficient (Wildman–Crippen LogP) is 3.11. The number of nitrogens with zero attached hydrogens (tertiary/aromatic N) is 1. The van der Waals surface area contributed by atoms with Crippen molar-refractivity contribution in [2.45, 2.75) is 58.2 Å². The zero-order chi connectivity index (χ0) is 18.0. The summed E-state index contributed by atoms with van der Waals surface area (Å²) in [6, 6.07) is 10.9. The number of hydrogen-bond donors (Lipinski definition) is 2. The molecule has 2 N–H and O–H groups in total. The zero-order valence-electron chi connectivity index (χ0n) is 15.8. The molecular formula is C19H33N3OS. The topological polar surface area (TPSA) is 53.5 Å². The van der Waals surface area contributed by atoms with Crippen LogP contribution in [0.25, 0.3) is 0 Å². The Kier molecular flexibility index (Phi) is 9.04. The van der Waals surface area contributed by atoms with Crippen molar-refractivity contribution in [1.82, 2.24) is 10.6 Å². The van der Waals surface area contributed by atoms with Crippen LogP contribution in [0.15, 0.2) is 35.3 Å². The summed E-state index contributed by atoms with van der Waals surface area (Å²) in [4.78, 5) is 4.56. The normalized spacial score (nSPS) is 15.0. The predicted molar refractivity (Wildman–Crippen MR) is 106 cm³/mol. The maximum Gasteiger partial charge on any atom is 0.191 e. The third kappa shape index (κ3) is 8.48. The lowest BCUT2D eigenvalue weighted by atomic mass is 10.1. The Labute approximate surface area is 150 Å². The van der Waals surface area contributed by atoms with Crippen LogP contribution >= 0.6 is 0 Å². The number of rotatable bonds is 8. The van der Waals surface area contributed by atoms with Gasteiger partial charge in [0.05, 0.1) is 6.54 Å². The second kappa shape index (κ2) is 10.5. The molecule has 2 unspecified atom stereocenters. The smallest absolute Gasteiger partial charge is 0.191 e. The Morgan fingerprint density at radius 3 is 2.50 bits per heavy atom. The van der Waals surface area contributed by atoms with Gasteiger partial charge in [0.15, 0.2) is 5.96 Å². The van der Waals surface area contributed by atoms with Crippen molar-refractivity contribution in [2.24, 2.45) is 4.99 Å². The first-order chi connectivity index (χ1) is 11.3. The molecule has 0 bridgehead atoms. The van der Waals surface area contributed by atoms with Crippen molar-refractivity contribution in [1.29, 1.82) is 0 Å². The zero-order valence-corrected chi connectivity index (χ0v) is 16.6. The van der Waals surface area contributed by atoms with E-state index in [9.17, 15) is 4.21 Å². The minimum absolute atomic E-state index is 0.176. The molecule has 0 aliphatic carbocycles. The molecule has 0 saturated heterocycles. The number of aryl methyl sites for hydroxylation is 1. The minimum Gasteiger partial charge on any atom is -0.357 e. The maximum absolute atomic E-state index is 12.1. The Morgan fingerprint density at radius 2 is 1.92 bits per heavy atom. The molecule has 0 aliphatic rings. The fraction of sp³-hybridized carbons (Fsp3) is 0.632. The lowest BCUT2D eigenvalue weighted by molar-refractivity contribution is 0.594. The molecular weight excluding hydrogens is 318 g/mol. The third-order valence-electron chi connectivity index (χ3n) is 3.67. The number of guanidine groups is 1. The molecule has 4 nitrogen and oxygen atoms in total. The molecule has 0 fully saturated rings. The average molecular weight is 352 g/mol. The van der Waals surface area contributed by atoms with E-state index in [1.165, 1.54) is 5.56 Å². The highest BCUT2D eigenvalue weighted by molar-refractivity contribution is 7.86. The Bertz CT molecular complexity index is 523. The van der Waals surface area contributed by atoms with Crippen LogP contribution in [0, 0.1) is 0 Å².